The van der Waals surface area contributed by atoms with Crippen molar-refractivity contribution in [3.63, 3.8) is 0 Å². The Labute approximate surface area is 220 Å². The lowest BCUT2D eigenvalue weighted by Crippen LogP contribution is -2.38. The standard InChI is InChI=1S/C29H41ClN2O4/c1-19(2)23(18-33)29(6,22-10-8-20(24(30)16-22)12-14-28(3,4)5)15-13-26(34)32-25-11-9-21(17-31-25)27(35)36-7/h8-11,16-17,19,23,33H,12-15,18H2,1-7H3,(H,31,32,34)/t23?,29-/m0/s1. The first-order valence-corrected chi connectivity index (χ1v) is 12.9. The number of aliphatic hydroxyl groups is 1. The molecule has 0 fully saturated rings. The van der Waals surface area contributed by atoms with Gasteiger partial charge in [0.25, 0.3) is 0 Å². The van der Waals surface area contributed by atoms with E-state index in [2.05, 4.69) is 68.7 Å². The van der Waals surface area contributed by atoms with Gasteiger partial charge in [0.05, 0.1) is 12.7 Å². The third-order valence-corrected chi connectivity index (χ3v) is 7.35. The third-order valence-electron chi connectivity index (χ3n) is 7.00. The fraction of sp³-hybridized carbons (Fsp3) is 0.552. The molecule has 0 saturated carbocycles. The molecule has 0 bridgehead atoms. The maximum absolute atomic E-state index is 12.8. The number of esters is 1. The normalized spacial score (nSPS) is 14.3. The Kier molecular flexibility index (Phi) is 10.5. The predicted octanol–water partition coefficient (Wildman–Crippen LogP) is 6.44. The number of hydrogen-bond donors (Lipinski definition) is 2. The molecule has 0 radical (unpaired) electrons. The lowest BCUT2D eigenvalue weighted by Gasteiger charge is -2.40. The van der Waals surface area contributed by atoms with Gasteiger partial charge in [0, 0.05) is 24.2 Å². The molecule has 2 aromatic rings. The van der Waals surface area contributed by atoms with Crippen LogP contribution in [0, 0.1) is 17.3 Å². The summed E-state index contributed by atoms with van der Waals surface area (Å²) >= 11 is 6.72. The molecule has 36 heavy (non-hydrogen) atoms. The number of ether oxygens (including phenoxy) is 1. The number of aryl methyl sites for hydroxylation is 1. The van der Waals surface area contributed by atoms with Gasteiger partial charge in [-0.05, 0) is 71.3 Å². The first-order valence-electron chi connectivity index (χ1n) is 12.5. The number of aromatic nitrogens is 1. The Morgan fingerprint density at radius 2 is 1.81 bits per heavy atom. The number of halogens is 1. The van der Waals surface area contributed by atoms with Crippen LogP contribution in [-0.4, -0.2) is 35.7 Å². The molecule has 0 aliphatic rings. The molecule has 0 spiro atoms. The van der Waals surface area contributed by atoms with Gasteiger partial charge in [-0.1, -0.05) is 65.3 Å². The number of hydrogen-bond acceptors (Lipinski definition) is 5. The topological polar surface area (TPSA) is 88.5 Å². The number of methoxy groups -OCH3 is 1. The van der Waals surface area contributed by atoms with Crippen LogP contribution in [0.15, 0.2) is 36.5 Å². The molecule has 1 unspecified atom stereocenters. The van der Waals surface area contributed by atoms with Crippen LogP contribution < -0.4 is 5.32 Å². The minimum Gasteiger partial charge on any atom is -0.465 e. The van der Waals surface area contributed by atoms with E-state index in [0.29, 0.717) is 17.8 Å². The van der Waals surface area contributed by atoms with Crippen molar-refractivity contribution in [3.05, 3.63) is 58.2 Å². The Hall–Kier alpha value is -2.44. The quantitative estimate of drug-likeness (QED) is 0.335. The molecule has 6 nitrogen and oxygen atoms in total. The van der Waals surface area contributed by atoms with Crippen molar-refractivity contribution in [2.24, 2.45) is 17.3 Å². The van der Waals surface area contributed by atoms with Gasteiger partial charge in [0.2, 0.25) is 5.91 Å². The van der Waals surface area contributed by atoms with Crippen LogP contribution in [0.4, 0.5) is 5.82 Å². The first kappa shape index (κ1) is 29.8. The van der Waals surface area contributed by atoms with Gasteiger partial charge < -0.3 is 15.2 Å². The molecule has 0 saturated heterocycles. The van der Waals surface area contributed by atoms with Gasteiger partial charge in [-0.2, -0.15) is 0 Å². The van der Waals surface area contributed by atoms with E-state index in [1.807, 2.05) is 6.07 Å². The number of carbonyl (C=O) groups excluding carboxylic acids is 2. The van der Waals surface area contributed by atoms with Gasteiger partial charge >= 0.3 is 5.97 Å². The van der Waals surface area contributed by atoms with Crippen molar-refractivity contribution in [2.75, 3.05) is 19.0 Å². The second kappa shape index (κ2) is 12.7. The van der Waals surface area contributed by atoms with E-state index in [0.717, 1.165) is 29.0 Å². The second-order valence-corrected chi connectivity index (χ2v) is 11.7. The van der Waals surface area contributed by atoms with Crippen LogP contribution in [0.1, 0.15) is 82.3 Å². The number of aliphatic hydroxyl groups excluding tert-OH is 1. The average Bonchev–Trinajstić information content (AvgIpc) is 2.81. The zero-order valence-corrected chi connectivity index (χ0v) is 23.4. The maximum Gasteiger partial charge on any atom is 0.339 e. The summed E-state index contributed by atoms with van der Waals surface area (Å²) < 4.78 is 4.68. The van der Waals surface area contributed by atoms with E-state index in [4.69, 9.17) is 11.6 Å². The van der Waals surface area contributed by atoms with Crippen LogP contribution in [0.2, 0.25) is 5.02 Å². The minimum atomic E-state index is -0.483. The molecule has 2 rings (SSSR count). The van der Waals surface area contributed by atoms with Gasteiger partial charge in [-0.3, -0.25) is 4.79 Å². The molecular weight excluding hydrogens is 476 g/mol. The van der Waals surface area contributed by atoms with E-state index >= 15 is 0 Å². The summed E-state index contributed by atoms with van der Waals surface area (Å²) in [6.07, 6.45) is 4.07. The van der Waals surface area contributed by atoms with E-state index in [9.17, 15) is 14.7 Å². The molecule has 0 aliphatic heterocycles. The number of pyridine rings is 1. The molecule has 1 amide bonds. The summed E-state index contributed by atoms with van der Waals surface area (Å²) in [6.45, 7) is 12.9. The monoisotopic (exact) mass is 516 g/mol. The summed E-state index contributed by atoms with van der Waals surface area (Å²) in [6, 6.07) is 9.32. The highest BCUT2D eigenvalue weighted by Gasteiger charge is 2.38. The average molecular weight is 517 g/mol. The van der Waals surface area contributed by atoms with E-state index in [1.165, 1.54) is 13.3 Å². The van der Waals surface area contributed by atoms with Crippen molar-refractivity contribution in [1.82, 2.24) is 4.98 Å². The van der Waals surface area contributed by atoms with Crippen LogP contribution >= 0.6 is 11.6 Å². The SMILES string of the molecule is COC(=O)c1ccc(NC(=O)CC[C@@](C)(c2ccc(CCC(C)(C)C)c(Cl)c2)C(CO)C(C)C)nc1. The van der Waals surface area contributed by atoms with Crippen molar-refractivity contribution in [3.8, 4) is 0 Å². The first-order chi connectivity index (χ1) is 16.8. The number of nitrogens with one attached hydrogen (secondary N) is 1. The largest absolute Gasteiger partial charge is 0.465 e. The number of nitrogens with zero attached hydrogens (tertiary/aromatic N) is 1. The summed E-state index contributed by atoms with van der Waals surface area (Å²) in [5.74, 6) is -0.159. The highest BCUT2D eigenvalue weighted by atomic mass is 35.5. The highest BCUT2D eigenvalue weighted by Crippen LogP contribution is 2.42. The third kappa shape index (κ3) is 8.04. The zero-order valence-electron chi connectivity index (χ0n) is 22.7. The number of carbonyl (C=O) groups is 2. The van der Waals surface area contributed by atoms with Gasteiger partial charge in [0.15, 0.2) is 0 Å². The molecule has 1 aromatic heterocycles. The Balaban J connectivity index is 2.22. The maximum atomic E-state index is 12.8. The smallest absolute Gasteiger partial charge is 0.339 e. The summed E-state index contributed by atoms with van der Waals surface area (Å²) in [4.78, 5) is 28.5. The predicted molar refractivity (Wildman–Crippen MR) is 145 cm³/mol. The van der Waals surface area contributed by atoms with Crippen molar-refractivity contribution < 1.29 is 19.4 Å². The highest BCUT2D eigenvalue weighted by molar-refractivity contribution is 6.31. The number of rotatable bonds is 11. The summed E-state index contributed by atoms with van der Waals surface area (Å²) in [7, 11) is 1.30. The van der Waals surface area contributed by atoms with Gasteiger partial charge in [-0.25, -0.2) is 9.78 Å². The molecule has 2 atom stereocenters. The lowest BCUT2D eigenvalue weighted by atomic mass is 9.65. The van der Waals surface area contributed by atoms with E-state index in [1.54, 1.807) is 12.1 Å². The Bertz CT molecular complexity index is 1030. The molecule has 0 aliphatic carbocycles. The number of anilines is 1. The Morgan fingerprint density at radius 3 is 2.31 bits per heavy atom. The van der Waals surface area contributed by atoms with Crippen molar-refractivity contribution in [1.29, 1.82) is 0 Å². The van der Waals surface area contributed by atoms with E-state index in [-0.39, 0.29) is 36.2 Å². The molecule has 7 heteroatoms. The fourth-order valence-electron chi connectivity index (χ4n) is 4.59. The van der Waals surface area contributed by atoms with Crippen LogP contribution in [0.3, 0.4) is 0 Å². The van der Waals surface area contributed by atoms with Gasteiger partial charge in [-0.15, -0.1) is 0 Å². The Morgan fingerprint density at radius 1 is 1.11 bits per heavy atom. The molecule has 1 aromatic carbocycles. The number of benzene rings is 1. The minimum absolute atomic E-state index is 0.00965. The van der Waals surface area contributed by atoms with Crippen molar-refractivity contribution in [2.45, 2.75) is 72.6 Å². The summed E-state index contributed by atoms with van der Waals surface area (Å²) in [5, 5.41) is 13.8. The lowest BCUT2D eigenvalue weighted by molar-refractivity contribution is -0.116. The molecule has 198 valence electrons. The molecule has 1 heterocycles. The zero-order chi connectivity index (χ0) is 27.1. The van der Waals surface area contributed by atoms with Crippen molar-refractivity contribution >= 4 is 29.3 Å². The summed E-state index contributed by atoms with van der Waals surface area (Å²) in [5.41, 5.74) is 2.20. The van der Waals surface area contributed by atoms with Crippen LogP contribution in [0.5, 0.6) is 0 Å². The van der Waals surface area contributed by atoms with Crippen LogP contribution in [-0.2, 0) is 21.4 Å². The molecular formula is C29H41ClN2O4. The number of amides is 1. The van der Waals surface area contributed by atoms with E-state index < -0.39 is 11.4 Å². The van der Waals surface area contributed by atoms with Crippen LogP contribution in [0.25, 0.3) is 0 Å². The second-order valence-electron chi connectivity index (χ2n) is 11.3. The van der Waals surface area contributed by atoms with Gasteiger partial charge in [0.1, 0.15) is 5.82 Å². The molecule has 2 N–H and O–H groups in total. The fourth-order valence-corrected chi connectivity index (χ4v) is 4.87.